The van der Waals surface area contributed by atoms with Gasteiger partial charge in [-0.3, -0.25) is 4.79 Å². The Kier molecular flexibility index (Phi) is 7.40. The van der Waals surface area contributed by atoms with E-state index in [2.05, 4.69) is 5.32 Å². The van der Waals surface area contributed by atoms with Crippen LogP contribution in [0.2, 0.25) is 5.02 Å². The van der Waals surface area contributed by atoms with Crippen molar-refractivity contribution in [3.8, 4) is 11.5 Å². The lowest BCUT2D eigenvalue weighted by Crippen LogP contribution is -2.27. The summed E-state index contributed by atoms with van der Waals surface area (Å²) in [5.41, 5.74) is 1.29. The quantitative estimate of drug-likeness (QED) is 0.522. The van der Waals surface area contributed by atoms with Crippen molar-refractivity contribution in [3.05, 3.63) is 82.9 Å². The van der Waals surface area contributed by atoms with Gasteiger partial charge >= 0.3 is 0 Å². The molecule has 0 atom stereocenters. The fraction of sp³-hybridized carbons (Fsp3) is 0.174. The van der Waals surface area contributed by atoms with Crippen LogP contribution < -0.4 is 14.8 Å². The Morgan fingerprint density at radius 2 is 1.59 bits per heavy atom. The van der Waals surface area contributed by atoms with Crippen molar-refractivity contribution in [1.82, 2.24) is 4.31 Å². The molecule has 7 nitrogen and oxygen atoms in total. The summed E-state index contributed by atoms with van der Waals surface area (Å²) in [6.07, 6.45) is 0. The van der Waals surface area contributed by atoms with E-state index in [9.17, 15) is 13.2 Å². The van der Waals surface area contributed by atoms with Gasteiger partial charge in [-0.05, 0) is 23.8 Å². The third-order valence-corrected chi connectivity index (χ3v) is 6.88. The van der Waals surface area contributed by atoms with E-state index in [0.717, 1.165) is 5.56 Å². The molecule has 1 N–H and O–H groups in total. The fourth-order valence-corrected chi connectivity index (χ4v) is 4.41. The first-order valence-electron chi connectivity index (χ1n) is 9.59. The zero-order valence-electron chi connectivity index (χ0n) is 17.8. The van der Waals surface area contributed by atoms with Gasteiger partial charge in [0.1, 0.15) is 11.5 Å². The fourth-order valence-electron chi connectivity index (χ4n) is 3.02. The molecule has 0 heterocycles. The number of hydrogen-bond donors (Lipinski definition) is 1. The van der Waals surface area contributed by atoms with Crippen LogP contribution in [-0.2, 0) is 16.6 Å². The van der Waals surface area contributed by atoms with Gasteiger partial charge in [-0.1, -0.05) is 41.9 Å². The molecule has 3 aromatic carbocycles. The minimum atomic E-state index is -3.85. The molecule has 0 aliphatic heterocycles. The van der Waals surface area contributed by atoms with Crippen LogP contribution in [0.4, 0.5) is 5.69 Å². The van der Waals surface area contributed by atoms with Gasteiger partial charge in [0.25, 0.3) is 5.91 Å². The second kappa shape index (κ2) is 10.0. The lowest BCUT2D eigenvalue weighted by Gasteiger charge is -2.18. The van der Waals surface area contributed by atoms with Crippen LogP contribution in [0, 0.1) is 0 Å². The minimum Gasteiger partial charge on any atom is -0.497 e. The molecule has 0 saturated heterocycles. The van der Waals surface area contributed by atoms with Gasteiger partial charge in [-0.15, -0.1) is 0 Å². The van der Waals surface area contributed by atoms with Crippen LogP contribution in [-0.4, -0.2) is 39.9 Å². The smallest absolute Gasteiger partial charge is 0.257 e. The highest BCUT2D eigenvalue weighted by molar-refractivity contribution is 7.89. The molecule has 0 aliphatic rings. The number of carbonyl (C=O) groups excluding carboxylic acids is 1. The molecule has 9 heteroatoms. The summed E-state index contributed by atoms with van der Waals surface area (Å²) in [6, 6.07) is 18.2. The standard InChI is InChI=1S/C23H23ClN2O5S/c1-26(15-16-7-5-4-6-8-16)32(28,29)20-9-10-22(24)21(14-20)23(27)25-17-11-18(30-2)13-19(12-17)31-3/h4-14H,15H2,1-3H3,(H,25,27). The largest absolute Gasteiger partial charge is 0.497 e. The monoisotopic (exact) mass is 474 g/mol. The molecule has 1 amide bonds. The third-order valence-electron chi connectivity index (χ3n) is 4.75. The number of nitrogens with one attached hydrogen (secondary N) is 1. The first kappa shape index (κ1) is 23.6. The summed E-state index contributed by atoms with van der Waals surface area (Å²) in [4.78, 5) is 12.9. The van der Waals surface area contributed by atoms with Crippen LogP contribution >= 0.6 is 11.6 Å². The number of nitrogens with zero attached hydrogens (tertiary/aromatic N) is 1. The Labute approximate surface area is 192 Å². The number of halogens is 1. The number of sulfonamides is 1. The van der Waals surface area contributed by atoms with E-state index in [1.165, 1.54) is 43.8 Å². The molecule has 0 saturated carbocycles. The molecule has 0 fully saturated rings. The maximum atomic E-state index is 13.1. The van der Waals surface area contributed by atoms with E-state index in [1.54, 1.807) is 18.2 Å². The topological polar surface area (TPSA) is 84.9 Å². The molecule has 0 bridgehead atoms. The van der Waals surface area contributed by atoms with Crippen molar-refractivity contribution in [2.24, 2.45) is 0 Å². The summed E-state index contributed by atoms with van der Waals surface area (Å²) < 4.78 is 37.8. The molecule has 32 heavy (non-hydrogen) atoms. The first-order valence-corrected chi connectivity index (χ1v) is 11.4. The molecule has 168 valence electrons. The van der Waals surface area contributed by atoms with Crippen molar-refractivity contribution >= 4 is 33.2 Å². The maximum absolute atomic E-state index is 13.1. The average molecular weight is 475 g/mol. The van der Waals surface area contributed by atoms with Gasteiger partial charge in [0.2, 0.25) is 10.0 Å². The first-order chi connectivity index (χ1) is 15.2. The predicted molar refractivity (Wildman–Crippen MR) is 124 cm³/mol. The number of ether oxygens (including phenoxy) is 2. The van der Waals surface area contributed by atoms with Crippen LogP contribution in [0.3, 0.4) is 0 Å². The minimum absolute atomic E-state index is 0.0302. The number of anilines is 1. The summed E-state index contributed by atoms with van der Waals surface area (Å²) in [6.45, 7) is 0.191. The Bertz CT molecular complexity index is 1190. The van der Waals surface area contributed by atoms with Crippen molar-refractivity contribution in [2.75, 3.05) is 26.6 Å². The van der Waals surface area contributed by atoms with Gasteiger partial charge in [0.15, 0.2) is 0 Å². The maximum Gasteiger partial charge on any atom is 0.257 e. The number of hydrogen-bond acceptors (Lipinski definition) is 5. The van der Waals surface area contributed by atoms with Crippen LogP contribution in [0.15, 0.2) is 71.6 Å². The van der Waals surface area contributed by atoms with Crippen molar-refractivity contribution < 1.29 is 22.7 Å². The van der Waals surface area contributed by atoms with Gasteiger partial charge in [0.05, 0.1) is 29.7 Å². The van der Waals surface area contributed by atoms with E-state index >= 15 is 0 Å². The van der Waals surface area contributed by atoms with E-state index in [0.29, 0.717) is 17.2 Å². The predicted octanol–water partition coefficient (Wildman–Crippen LogP) is 4.43. The third kappa shape index (κ3) is 5.40. The van der Waals surface area contributed by atoms with E-state index in [4.69, 9.17) is 21.1 Å². The van der Waals surface area contributed by atoms with Gasteiger partial charge in [0, 0.05) is 37.5 Å². The molecule has 0 radical (unpaired) electrons. The van der Waals surface area contributed by atoms with Crippen LogP contribution in [0.25, 0.3) is 0 Å². The van der Waals surface area contributed by atoms with E-state index < -0.39 is 15.9 Å². The Morgan fingerprint density at radius 3 is 2.19 bits per heavy atom. The molecule has 0 spiro atoms. The van der Waals surface area contributed by atoms with Crippen molar-refractivity contribution in [2.45, 2.75) is 11.4 Å². The number of benzene rings is 3. The second-order valence-corrected chi connectivity index (χ2v) is 9.40. The van der Waals surface area contributed by atoms with Crippen LogP contribution in [0.1, 0.15) is 15.9 Å². The molecule has 0 aliphatic carbocycles. The van der Waals surface area contributed by atoms with Crippen LogP contribution in [0.5, 0.6) is 11.5 Å². The zero-order valence-corrected chi connectivity index (χ0v) is 19.4. The summed E-state index contributed by atoms with van der Waals surface area (Å²) in [5, 5.41) is 2.83. The average Bonchev–Trinajstić information content (AvgIpc) is 2.79. The lowest BCUT2D eigenvalue weighted by molar-refractivity contribution is 0.102. The number of amides is 1. The van der Waals surface area contributed by atoms with Crippen molar-refractivity contribution in [1.29, 1.82) is 0 Å². The second-order valence-electron chi connectivity index (χ2n) is 6.94. The molecular formula is C23H23ClN2O5S. The van der Waals surface area contributed by atoms with Crippen molar-refractivity contribution in [3.63, 3.8) is 0 Å². The van der Waals surface area contributed by atoms with Gasteiger partial charge < -0.3 is 14.8 Å². The zero-order chi connectivity index (χ0) is 23.3. The summed E-state index contributed by atoms with van der Waals surface area (Å²) >= 11 is 6.22. The molecule has 0 unspecified atom stereocenters. The number of methoxy groups -OCH3 is 2. The Balaban J connectivity index is 1.87. The van der Waals surface area contributed by atoms with Gasteiger partial charge in [-0.2, -0.15) is 4.31 Å². The highest BCUT2D eigenvalue weighted by Crippen LogP contribution is 2.28. The number of carbonyl (C=O) groups is 1. The highest BCUT2D eigenvalue weighted by Gasteiger charge is 2.23. The normalized spacial score (nSPS) is 11.3. The van der Waals surface area contributed by atoms with Gasteiger partial charge in [-0.25, -0.2) is 8.42 Å². The molecule has 3 aromatic rings. The summed E-state index contributed by atoms with van der Waals surface area (Å²) in [7, 11) is 0.631. The Morgan fingerprint density at radius 1 is 0.969 bits per heavy atom. The Hall–Kier alpha value is -3.07. The molecule has 0 aromatic heterocycles. The highest BCUT2D eigenvalue weighted by atomic mass is 35.5. The van der Waals surface area contributed by atoms with E-state index in [-0.39, 0.29) is 22.0 Å². The van der Waals surface area contributed by atoms with E-state index in [1.807, 2.05) is 30.3 Å². The molecular weight excluding hydrogens is 452 g/mol. The molecule has 3 rings (SSSR count). The number of rotatable bonds is 8. The lowest BCUT2D eigenvalue weighted by atomic mass is 10.2. The summed E-state index contributed by atoms with van der Waals surface area (Å²) in [5.74, 6) is 0.419. The SMILES string of the molecule is COc1cc(NC(=O)c2cc(S(=O)(=O)N(C)Cc3ccccc3)ccc2Cl)cc(OC)c1.